The van der Waals surface area contributed by atoms with Gasteiger partial charge in [-0.3, -0.25) is 19.7 Å². The second-order valence-corrected chi connectivity index (χ2v) is 7.65. The highest BCUT2D eigenvalue weighted by atomic mass is 16.6. The zero-order valence-corrected chi connectivity index (χ0v) is 17.9. The van der Waals surface area contributed by atoms with E-state index in [4.69, 9.17) is 0 Å². The molecule has 1 aliphatic heterocycles. The van der Waals surface area contributed by atoms with Gasteiger partial charge in [-0.1, -0.05) is 30.3 Å². The van der Waals surface area contributed by atoms with Gasteiger partial charge in [-0.05, 0) is 32.0 Å². The van der Waals surface area contributed by atoms with Crippen LogP contribution in [0.5, 0.6) is 0 Å². The van der Waals surface area contributed by atoms with Crippen LogP contribution in [0.1, 0.15) is 21.7 Å². The maximum Gasteiger partial charge on any atom is 0.295 e. The number of rotatable bonds is 5. The largest absolute Gasteiger partial charge is 0.362 e. The minimum atomic E-state index is -0.582. The van der Waals surface area contributed by atoms with Gasteiger partial charge in [0.1, 0.15) is 5.69 Å². The minimum Gasteiger partial charge on any atom is -0.362 e. The fourth-order valence-corrected chi connectivity index (χ4v) is 4.08. The van der Waals surface area contributed by atoms with Crippen molar-refractivity contribution >= 4 is 23.1 Å². The standard InChI is InChI=1S/C23H23N5O4/c1-16-21(17(2)27(24-16)18-8-4-3-5-9-18)22(29)23(30)26-14-12-25(13-15-26)19-10-6-7-11-20(19)28(31)32/h3-11H,12-15H2,1-2H3. The summed E-state index contributed by atoms with van der Waals surface area (Å²) in [6.07, 6.45) is 0. The number of nitro benzene ring substituents is 1. The van der Waals surface area contributed by atoms with Crippen molar-refractivity contribution in [2.75, 3.05) is 31.1 Å². The summed E-state index contributed by atoms with van der Waals surface area (Å²) in [6, 6.07) is 16.0. The Morgan fingerprint density at radius 3 is 2.22 bits per heavy atom. The highest BCUT2D eigenvalue weighted by Crippen LogP contribution is 2.28. The third kappa shape index (κ3) is 3.84. The summed E-state index contributed by atoms with van der Waals surface area (Å²) in [4.78, 5) is 40.3. The number of hydrogen-bond acceptors (Lipinski definition) is 6. The number of hydrogen-bond donors (Lipinski definition) is 0. The average Bonchev–Trinajstić information content (AvgIpc) is 3.12. The number of aryl methyl sites for hydroxylation is 1. The van der Waals surface area contributed by atoms with E-state index in [-0.39, 0.29) is 5.69 Å². The molecule has 1 saturated heterocycles. The van der Waals surface area contributed by atoms with Gasteiger partial charge in [-0.25, -0.2) is 4.68 Å². The van der Waals surface area contributed by atoms with Crippen molar-refractivity contribution in [3.8, 4) is 5.69 Å². The first-order chi connectivity index (χ1) is 15.4. The van der Waals surface area contributed by atoms with E-state index in [1.54, 1.807) is 36.7 Å². The number of para-hydroxylation sites is 3. The summed E-state index contributed by atoms with van der Waals surface area (Å²) >= 11 is 0. The van der Waals surface area contributed by atoms with Crippen LogP contribution in [0.15, 0.2) is 54.6 Å². The highest BCUT2D eigenvalue weighted by Gasteiger charge is 2.32. The second kappa shape index (κ2) is 8.62. The van der Waals surface area contributed by atoms with E-state index < -0.39 is 16.6 Å². The number of benzene rings is 2. The van der Waals surface area contributed by atoms with Crippen molar-refractivity contribution in [3.63, 3.8) is 0 Å². The predicted molar refractivity (Wildman–Crippen MR) is 119 cm³/mol. The third-order valence-corrected chi connectivity index (χ3v) is 5.70. The lowest BCUT2D eigenvalue weighted by Gasteiger charge is -2.35. The summed E-state index contributed by atoms with van der Waals surface area (Å²) in [5, 5.41) is 15.8. The number of nitrogens with zero attached hydrogens (tertiary/aromatic N) is 5. The Morgan fingerprint density at radius 2 is 1.56 bits per heavy atom. The molecule has 3 aromatic rings. The molecule has 0 spiro atoms. The topological polar surface area (TPSA) is 102 Å². The van der Waals surface area contributed by atoms with Gasteiger partial charge in [0.25, 0.3) is 17.4 Å². The first-order valence-corrected chi connectivity index (χ1v) is 10.3. The number of anilines is 1. The van der Waals surface area contributed by atoms with Crippen molar-refractivity contribution in [3.05, 3.63) is 81.7 Å². The normalized spacial score (nSPS) is 13.8. The summed E-state index contributed by atoms with van der Waals surface area (Å²) in [6.45, 7) is 4.93. The van der Waals surface area contributed by atoms with Crippen molar-refractivity contribution in [2.24, 2.45) is 0 Å². The molecule has 4 rings (SSSR count). The molecule has 0 unspecified atom stereocenters. The maximum absolute atomic E-state index is 13.1. The van der Waals surface area contributed by atoms with Crippen LogP contribution in [0.25, 0.3) is 5.69 Å². The zero-order chi connectivity index (χ0) is 22.8. The predicted octanol–water partition coefficient (Wildman–Crippen LogP) is 2.93. The van der Waals surface area contributed by atoms with Crippen LogP contribution in [0.4, 0.5) is 11.4 Å². The van der Waals surface area contributed by atoms with Gasteiger partial charge in [-0.15, -0.1) is 0 Å². The summed E-state index contributed by atoms with van der Waals surface area (Å²) < 4.78 is 1.67. The van der Waals surface area contributed by atoms with Gasteiger partial charge in [-0.2, -0.15) is 5.10 Å². The van der Waals surface area contributed by atoms with E-state index in [1.807, 2.05) is 35.2 Å². The Hall–Kier alpha value is -4.01. The van der Waals surface area contributed by atoms with Crippen LogP contribution in [0.2, 0.25) is 0 Å². The number of nitro groups is 1. The molecule has 1 fully saturated rings. The molecule has 0 atom stereocenters. The van der Waals surface area contributed by atoms with E-state index in [9.17, 15) is 19.7 Å². The first kappa shape index (κ1) is 21.2. The van der Waals surface area contributed by atoms with E-state index in [0.717, 1.165) is 5.69 Å². The summed E-state index contributed by atoms with van der Waals surface area (Å²) in [5.74, 6) is -1.16. The molecule has 1 amide bonds. The Bertz CT molecular complexity index is 1180. The second-order valence-electron chi connectivity index (χ2n) is 7.65. The lowest BCUT2D eigenvalue weighted by atomic mass is 10.1. The minimum absolute atomic E-state index is 0.0305. The molecule has 2 aromatic carbocycles. The van der Waals surface area contributed by atoms with Crippen molar-refractivity contribution < 1.29 is 14.5 Å². The molecule has 0 radical (unpaired) electrons. The monoisotopic (exact) mass is 433 g/mol. The van der Waals surface area contributed by atoms with Crippen molar-refractivity contribution in [2.45, 2.75) is 13.8 Å². The smallest absolute Gasteiger partial charge is 0.295 e. The third-order valence-electron chi connectivity index (χ3n) is 5.70. The Morgan fingerprint density at radius 1 is 0.938 bits per heavy atom. The molecular formula is C23H23N5O4. The lowest BCUT2D eigenvalue weighted by Crippen LogP contribution is -2.50. The van der Waals surface area contributed by atoms with Crippen LogP contribution in [0.3, 0.4) is 0 Å². The molecule has 32 heavy (non-hydrogen) atoms. The molecule has 9 heteroatoms. The molecule has 0 saturated carbocycles. The van der Waals surface area contributed by atoms with Gasteiger partial charge in [0.05, 0.1) is 27.6 Å². The van der Waals surface area contributed by atoms with Crippen molar-refractivity contribution in [1.29, 1.82) is 0 Å². The molecule has 1 aliphatic rings. The van der Waals surface area contributed by atoms with Crippen LogP contribution in [-0.2, 0) is 4.79 Å². The fourth-order valence-electron chi connectivity index (χ4n) is 4.08. The van der Waals surface area contributed by atoms with Gasteiger partial charge in [0.15, 0.2) is 0 Å². The van der Waals surface area contributed by atoms with Gasteiger partial charge in [0.2, 0.25) is 0 Å². The van der Waals surface area contributed by atoms with Gasteiger partial charge < -0.3 is 9.80 Å². The summed E-state index contributed by atoms with van der Waals surface area (Å²) in [7, 11) is 0. The van der Waals surface area contributed by atoms with Crippen LogP contribution >= 0.6 is 0 Å². The van der Waals surface area contributed by atoms with Gasteiger partial charge in [0, 0.05) is 32.2 Å². The number of carbonyl (C=O) groups excluding carboxylic acids is 2. The molecule has 0 aliphatic carbocycles. The first-order valence-electron chi connectivity index (χ1n) is 10.3. The highest BCUT2D eigenvalue weighted by molar-refractivity contribution is 6.43. The average molecular weight is 433 g/mol. The molecule has 0 N–H and O–H groups in total. The number of carbonyl (C=O) groups is 2. The Balaban J connectivity index is 1.49. The summed E-state index contributed by atoms with van der Waals surface area (Å²) in [5.41, 5.74) is 2.81. The number of aromatic nitrogens is 2. The molecular weight excluding hydrogens is 410 g/mol. The fraction of sp³-hybridized carbons (Fsp3) is 0.261. The van der Waals surface area contributed by atoms with Crippen LogP contribution < -0.4 is 4.90 Å². The number of Topliss-reactive ketones (excluding diaryl/α,β-unsaturated/α-hetero) is 1. The van der Waals surface area contributed by atoms with E-state index in [1.165, 1.54) is 11.0 Å². The number of amides is 1. The van der Waals surface area contributed by atoms with Crippen LogP contribution in [-0.4, -0.2) is 57.5 Å². The zero-order valence-electron chi connectivity index (χ0n) is 17.9. The Kier molecular flexibility index (Phi) is 5.72. The number of piperazine rings is 1. The van der Waals surface area contributed by atoms with Gasteiger partial charge >= 0.3 is 0 Å². The molecule has 2 heterocycles. The SMILES string of the molecule is Cc1nn(-c2ccccc2)c(C)c1C(=O)C(=O)N1CCN(c2ccccc2[N+](=O)[O-])CC1. The Labute approximate surface area is 185 Å². The van der Waals surface area contributed by atoms with Crippen molar-refractivity contribution in [1.82, 2.24) is 14.7 Å². The van der Waals surface area contributed by atoms with Crippen LogP contribution in [0, 0.1) is 24.0 Å². The van der Waals surface area contributed by atoms with E-state index >= 15 is 0 Å². The lowest BCUT2D eigenvalue weighted by molar-refractivity contribution is -0.384. The van der Waals surface area contributed by atoms with E-state index in [2.05, 4.69) is 5.10 Å². The molecule has 164 valence electrons. The van der Waals surface area contributed by atoms with E-state index in [0.29, 0.717) is 48.8 Å². The quantitative estimate of drug-likeness (QED) is 0.265. The molecule has 9 nitrogen and oxygen atoms in total. The molecule has 1 aromatic heterocycles. The molecule has 0 bridgehead atoms. The maximum atomic E-state index is 13.1. The number of ketones is 1.